The lowest BCUT2D eigenvalue weighted by molar-refractivity contribution is -0.146. The molecule has 17 amide bonds. The summed E-state index contributed by atoms with van der Waals surface area (Å²) in [6.45, 7) is 6.44. The molecule has 0 unspecified atom stereocenters. The molecule has 6 heterocycles. The van der Waals surface area contributed by atoms with Crippen LogP contribution in [0.3, 0.4) is 0 Å². The first-order chi connectivity index (χ1) is 57.9. The molecule has 0 spiro atoms. The minimum atomic E-state index is -1.71. The van der Waals surface area contributed by atoms with E-state index in [0.717, 1.165) is 9.80 Å². The highest BCUT2D eigenvalue weighted by Gasteiger charge is 2.49. The van der Waals surface area contributed by atoms with E-state index >= 15 is 14.4 Å². The molecule has 0 radical (unpaired) electrons. The molecule has 6 saturated heterocycles. The van der Waals surface area contributed by atoms with Crippen LogP contribution in [0.1, 0.15) is 174 Å². The SMILES string of the molecule is CC(C)C[C@H](NC(=O)[C@@H]1CCC(=O)N1)C(=O)N[C@@H](CCC(N)=O)C(=O)N1CCC[C@H]1C(=O)N[C@@H](Cc1ccccc1)C(=O)N1C[C@@H](N=[N+]=[N-])C[C@H]1C(=O)N[C@@H](CCC(N)=O)C(=O)N1CCC[C@H]1C(=O)N[C@@H](CCC(=O)O)C(=O)N[C@@H](CC(C)C)C(=O)N1CCC[C@H]1C(=O)N[C@@H](Cc1ccc(O)cc1)C(=O)N1CCC[C@H]1C(=O)N[C@@H](CCC(N)=O)C(=O)O. The molecule has 6 aliphatic rings. The molecule has 6 aliphatic heterocycles. The van der Waals surface area contributed by atoms with Crippen molar-refractivity contribution in [1.82, 2.24) is 72.4 Å². The zero-order chi connectivity index (χ0) is 89.3. The standard InChI is InChI=1S/C80H112N20O22/c1-42(2)36-53(90-67(108)48-25-30-65(105)85-48)69(110)87-50(22-27-62(81)102)75(116)97-33-9-16-59(97)72(113)93-56(38-44-12-6-5-7-13-44)79(120)100-41-46(94-95-84)40-61(100)74(115)88-51(23-28-63(82)103)76(117)96-32-8-14-57(96)70(111)86-49(26-31-66(106)107)68(109)91-54(37-43(3)4)77(118)98-34-11-17-60(98)73(114)92-55(39-45-18-20-47(101)21-19-45)78(119)99-35-10-15-58(99)71(112)89-52(80(121)122)24-29-64(83)104/h5-7,12-13,18-21,42-43,46,48-61,101H,8-11,14-17,22-41H2,1-4H3,(H2,81,102)(H2,82,103)(H2,83,104)(H,85,105)(H,86,111)(H,87,110)(H,88,115)(H,89,112)(H,90,108)(H,91,109)(H,92,114)(H,93,113)(H,106,107)(H,121,122)/t46-,48-,49-,50-,51-,52-,53-,54-,55-,56-,57-,58-,59-,60-,61-/m0/s1. The van der Waals surface area contributed by atoms with Gasteiger partial charge in [-0.25, -0.2) is 4.79 Å². The van der Waals surface area contributed by atoms with E-state index in [1.54, 1.807) is 58.0 Å². The summed E-state index contributed by atoms with van der Waals surface area (Å²) in [6, 6.07) is -6.70. The van der Waals surface area contributed by atoms with Crippen molar-refractivity contribution in [3.63, 3.8) is 0 Å². The number of aliphatic carboxylic acids is 2. The van der Waals surface area contributed by atoms with Gasteiger partial charge in [0.1, 0.15) is 90.3 Å². The summed E-state index contributed by atoms with van der Waals surface area (Å²) in [5.41, 5.74) is 27.1. The molecule has 2 aromatic rings. The normalized spacial score (nSPS) is 21.2. The van der Waals surface area contributed by atoms with Gasteiger partial charge in [-0.2, -0.15) is 0 Å². The summed E-state index contributed by atoms with van der Waals surface area (Å²) in [5.74, 6) is -17.4. The number of carboxylic acids is 2. The maximum atomic E-state index is 15.4. The zero-order valence-corrected chi connectivity index (χ0v) is 68.7. The Kier molecular flexibility index (Phi) is 34.8. The number of aromatic hydroxyl groups is 1. The summed E-state index contributed by atoms with van der Waals surface area (Å²) in [5, 5.41) is 57.3. The van der Waals surface area contributed by atoms with Crippen molar-refractivity contribution in [2.45, 2.75) is 266 Å². The van der Waals surface area contributed by atoms with Crippen LogP contribution in [-0.2, 0) is 104 Å². The number of carboxylic acid groups (broad SMARTS) is 2. The summed E-state index contributed by atoms with van der Waals surface area (Å²) >= 11 is 0. The number of hydrogen-bond acceptors (Lipinski definition) is 21. The highest BCUT2D eigenvalue weighted by molar-refractivity contribution is 6.02. The first kappa shape index (κ1) is 95.0. The second-order valence-electron chi connectivity index (χ2n) is 32.6. The van der Waals surface area contributed by atoms with Crippen LogP contribution in [0, 0.1) is 11.8 Å². The van der Waals surface area contributed by atoms with Gasteiger partial charge in [0.25, 0.3) is 0 Å². The maximum Gasteiger partial charge on any atom is 0.326 e. The van der Waals surface area contributed by atoms with E-state index in [1.807, 2.05) is 0 Å². The molecular weight excluding hydrogens is 1590 g/mol. The fraction of sp³-hybridized carbons (Fsp3) is 0.613. The Labute approximate surface area is 703 Å². The monoisotopic (exact) mass is 1700 g/mol. The molecule has 122 heavy (non-hydrogen) atoms. The first-order valence-electron chi connectivity index (χ1n) is 41.3. The predicted octanol–water partition coefficient (Wildman–Crippen LogP) is -2.58. The topological polar surface area (TPSA) is 636 Å². The lowest BCUT2D eigenvalue weighted by atomic mass is 10.0. The van der Waals surface area contributed by atoms with Gasteiger partial charge in [0, 0.05) is 82.6 Å². The summed E-state index contributed by atoms with van der Waals surface area (Å²) in [4.78, 5) is 271. The molecular formula is C80H112N20O22. The minimum Gasteiger partial charge on any atom is -0.508 e. The fourth-order valence-electron chi connectivity index (χ4n) is 16.3. The third kappa shape index (κ3) is 26.7. The predicted molar refractivity (Wildman–Crippen MR) is 429 cm³/mol. The molecule has 0 aromatic heterocycles. The van der Waals surface area contributed by atoms with Crippen molar-refractivity contribution in [2.75, 3.05) is 32.7 Å². The van der Waals surface area contributed by atoms with Crippen LogP contribution >= 0.6 is 0 Å². The van der Waals surface area contributed by atoms with E-state index in [1.165, 1.54) is 39.0 Å². The van der Waals surface area contributed by atoms with Gasteiger partial charge in [-0.3, -0.25) is 86.3 Å². The Morgan fingerprint density at radius 3 is 1.25 bits per heavy atom. The summed E-state index contributed by atoms with van der Waals surface area (Å²) in [7, 11) is 0. The van der Waals surface area contributed by atoms with Crippen molar-refractivity contribution in [3.05, 3.63) is 76.2 Å². The van der Waals surface area contributed by atoms with Gasteiger partial charge in [0.2, 0.25) is 100 Å². The minimum absolute atomic E-state index is 0.0153. The number of hydrogen-bond donors (Lipinski definition) is 15. The van der Waals surface area contributed by atoms with Gasteiger partial charge in [0.15, 0.2) is 0 Å². The molecule has 0 saturated carbocycles. The smallest absolute Gasteiger partial charge is 0.326 e. The summed E-state index contributed by atoms with van der Waals surface area (Å²) < 4.78 is 0. The Balaban J connectivity index is 0.973. The van der Waals surface area contributed by atoms with Crippen LogP contribution in [0.25, 0.3) is 10.4 Å². The van der Waals surface area contributed by atoms with Gasteiger partial charge >= 0.3 is 11.9 Å². The van der Waals surface area contributed by atoms with Crippen molar-refractivity contribution < 1.29 is 106 Å². The number of phenols is 1. The van der Waals surface area contributed by atoms with Crippen LogP contribution in [0.15, 0.2) is 59.7 Å². The number of nitrogens with two attached hydrogens (primary N) is 3. The molecule has 42 nitrogen and oxygen atoms in total. The first-order valence-corrected chi connectivity index (χ1v) is 41.3. The molecule has 664 valence electrons. The fourth-order valence-corrected chi connectivity index (χ4v) is 16.3. The number of phenolic OH excluding ortho intramolecular Hbond substituents is 1. The van der Waals surface area contributed by atoms with Gasteiger partial charge in [0.05, 0.1) is 6.04 Å². The molecule has 6 fully saturated rings. The van der Waals surface area contributed by atoms with Crippen LogP contribution in [-0.4, -0.2) is 276 Å². The number of rotatable bonds is 43. The number of carbonyl (C=O) groups is 19. The van der Waals surface area contributed by atoms with Crippen molar-refractivity contribution >= 4 is 112 Å². The lowest BCUT2D eigenvalue weighted by Crippen LogP contribution is -2.61. The van der Waals surface area contributed by atoms with Crippen LogP contribution < -0.4 is 65.1 Å². The van der Waals surface area contributed by atoms with Gasteiger partial charge < -0.3 is 105 Å². The van der Waals surface area contributed by atoms with Crippen LogP contribution in [0.2, 0.25) is 0 Å². The molecule has 0 aliphatic carbocycles. The molecule has 0 bridgehead atoms. The van der Waals surface area contributed by atoms with E-state index in [2.05, 4.69) is 57.9 Å². The van der Waals surface area contributed by atoms with Crippen LogP contribution in [0.5, 0.6) is 5.75 Å². The second kappa shape index (κ2) is 44.7. The van der Waals surface area contributed by atoms with E-state index < -0.39 is 236 Å². The number of nitrogens with zero attached hydrogens (tertiary/aromatic N) is 8. The highest BCUT2D eigenvalue weighted by atomic mass is 16.4. The average molecular weight is 1710 g/mol. The summed E-state index contributed by atoms with van der Waals surface area (Å²) in [6.07, 6.45) is -3.04. The molecule has 8 rings (SSSR count). The lowest BCUT2D eigenvalue weighted by Gasteiger charge is -2.33. The third-order valence-electron chi connectivity index (χ3n) is 22.5. The quantitative estimate of drug-likeness (QED) is 0.0184. The molecule has 42 heteroatoms. The molecule has 2 aromatic carbocycles. The van der Waals surface area contributed by atoms with Gasteiger partial charge in [-0.15, -0.1) is 0 Å². The molecule has 15 atom stereocenters. The van der Waals surface area contributed by atoms with Crippen molar-refractivity contribution in [1.29, 1.82) is 0 Å². The largest absolute Gasteiger partial charge is 0.508 e. The number of benzene rings is 2. The number of nitrogens with one attached hydrogen (secondary N) is 9. The Hall–Kier alpha value is -12.5. The zero-order valence-electron chi connectivity index (χ0n) is 68.7. The Morgan fingerprint density at radius 1 is 0.451 bits per heavy atom. The highest BCUT2D eigenvalue weighted by Crippen LogP contribution is 2.30. The number of azide groups is 1. The third-order valence-corrected chi connectivity index (χ3v) is 22.5. The van der Waals surface area contributed by atoms with Crippen molar-refractivity contribution in [2.24, 2.45) is 34.2 Å². The average Bonchev–Trinajstić information content (AvgIpc) is 1.63. The van der Waals surface area contributed by atoms with Gasteiger partial charge in [-0.1, -0.05) is 75.3 Å². The number of likely N-dealkylation sites (tertiary alicyclic amines) is 5. The maximum absolute atomic E-state index is 15.4. The van der Waals surface area contributed by atoms with E-state index in [4.69, 9.17) is 17.2 Å². The number of amides is 17. The van der Waals surface area contributed by atoms with E-state index in [-0.39, 0.29) is 159 Å². The number of primary amides is 3. The Morgan fingerprint density at radius 2 is 0.820 bits per heavy atom. The second-order valence-corrected chi connectivity index (χ2v) is 32.6. The van der Waals surface area contributed by atoms with E-state index in [9.17, 15) is 97.6 Å². The van der Waals surface area contributed by atoms with Crippen molar-refractivity contribution in [3.8, 4) is 5.75 Å². The Bertz CT molecular complexity index is 4280. The van der Waals surface area contributed by atoms with E-state index in [0.29, 0.717) is 17.5 Å². The number of carbonyl (C=O) groups excluding carboxylic acids is 17. The molecule has 18 N–H and O–H groups in total. The van der Waals surface area contributed by atoms with Gasteiger partial charge in [-0.05, 0) is 143 Å². The van der Waals surface area contributed by atoms with Crippen LogP contribution in [0.4, 0.5) is 0 Å².